The molecule has 1 amide bonds. The van der Waals surface area contributed by atoms with Crippen molar-refractivity contribution < 1.29 is 4.79 Å². The molecule has 1 rings (SSSR count). The van der Waals surface area contributed by atoms with Crippen molar-refractivity contribution in [3.05, 3.63) is 0 Å². The molecule has 0 aromatic carbocycles. The van der Waals surface area contributed by atoms with Crippen LogP contribution in [0.4, 0.5) is 0 Å². The summed E-state index contributed by atoms with van der Waals surface area (Å²) in [6.45, 7) is 2.52. The summed E-state index contributed by atoms with van der Waals surface area (Å²) in [6, 6.07) is -0.134. The molecule has 4 heteroatoms. The van der Waals surface area contributed by atoms with Crippen LogP contribution in [0.5, 0.6) is 0 Å². The number of piperidine rings is 1. The smallest absolute Gasteiger partial charge is 0.234 e. The summed E-state index contributed by atoms with van der Waals surface area (Å²) in [5.41, 5.74) is 10.8. The maximum Gasteiger partial charge on any atom is 0.234 e. The first-order chi connectivity index (χ1) is 6.25. The zero-order valence-corrected chi connectivity index (χ0v) is 8.04. The van der Waals surface area contributed by atoms with E-state index in [1.807, 2.05) is 0 Å². The summed E-state index contributed by atoms with van der Waals surface area (Å²) < 4.78 is 0. The van der Waals surface area contributed by atoms with E-state index in [0.29, 0.717) is 13.0 Å². The molecule has 1 fully saturated rings. The molecule has 13 heavy (non-hydrogen) atoms. The van der Waals surface area contributed by atoms with E-state index in [-0.39, 0.29) is 11.9 Å². The second-order valence-electron chi connectivity index (χ2n) is 3.59. The molecular formula is C9H19N3O. The number of likely N-dealkylation sites (tertiary alicyclic amines) is 1. The lowest BCUT2D eigenvalue weighted by molar-refractivity contribution is -0.123. The van der Waals surface area contributed by atoms with E-state index in [4.69, 9.17) is 11.5 Å². The third-order valence-electron chi connectivity index (χ3n) is 2.60. The largest absolute Gasteiger partial charge is 0.368 e. The molecule has 0 aromatic rings. The van der Waals surface area contributed by atoms with Crippen molar-refractivity contribution in [2.45, 2.75) is 31.7 Å². The van der Waals surface area contributed by atoms with Gasteiger partial charge in [-0.1, -0.05) is 6.42 Å². The van der Waals surface area contributed by atoms with Gasteiger partial charge in [0.15, 0.2) is 0 Å². The summed E-state index contributed by atoms with van der Waals surface area (Å²) >= 11 is 0. The van der Waals surface area contributed by atoms with E-state index >= 15 is 0 Å². The average molecular weight is 185 g/mol. The minimum absolute atomic E-state index is 0.134. The van der Waals surface area contributed by atoms with E-state index in [1.54, 1.807) is 0 Å². The maximum absolute atomic E-state index is 11.1. The zero-order valence-electron chi connectivity index (χ0n) is 8.04. The molecule has 4 nitrogen and oxygen atoms in total. The lowest BCUT2D eigenvalue weighted by Gasteiger charge is -2.32. The lowest BCUT2D eigenvalue weighted by atomic mass is 10.1. The minimum Gasteiger partial charge on any atom is -0.368 e. The van der Waals surface area contributed by atoms with E-state index < -0.39 is 0 Å². The third-order valence-corrected chi connectivity index (χ3v) is 2.60. The Kier molecular flexibility index (Phi) is 4.18. The molecule has 4 N–H and O–H groups in total. The number of nitrogens with two attached hydrogens (primary N) is 2. The van der Waals surface area contributed by atoms with E-state index in [1.165, 1.54) is 19.3 Å². The number of primary amides is 1. The molecule has 0 spiro atoms. The van der Waals surface area contributed by atoms with E-state index in [9.17, 15) is 4.79 Å². The van der Waals surface area contributed by atoms with Gasteiger partial charge in [0.05, 0.1) is 6.04 Å². The number of nitrogens with zero attached hydrogens (tertiary/aromatic N) is 1. The molecule has 1 atom stereocenters. The van der Waals surface area contributed by atoms with Crippen molar-refractivity contribution in [1.29, 1.82) is 0 Å². The van der Waals surface area contributed by atoms with Crippen LogP contribution in [0.1, 0.15) is 25.7 Å². The Labute approximate surface area is 79.3 Å². The molecular weight excluding hydrogens is 166 g/mol. The normalized spacial score (nSPS) is 21.3. The van der Waals surface area contributed by atoms with Crippen LogP contribution < -0.4 is 11.5 Å². The SMILES string of the molecule is NCCC(C(N)=O)N1CCCCC1. The number of rotatable bonds is 4. The Morgan fingerprint density at radius 2 is 1.92 bits per heavy atom. The molecule has 0 aromatic heterocycles. The second-order valence-corrected chi connectivity index (χ2v) is 3.59. The van der Waals surface area contributed by atoms with Crippen LogP contribution >= 0.6 is 0 Å². The highest BCUT2D eigenvalue weighted by atomic mass is 16.1. The Bertz CT molecular complexity index is 166. The summed E-state index contributed by atoms with van der Waals surface area (Å²) in [5.74, 6) is -0.229. The quantitative estimate of drug-likeness (QED) is 0.630. The van der Waals surface area contributed by atoms with Crippen LogP contribution in [0.2, 0.25) is 0 Å². The van der Waals surface area contributed by atoms with Crippen LogP contribution in [-0.2, 0) is 4.79 Å². The summed E-state index contributed by atoms with van der Waals surface area (Å²) in [4.78, 5) is 13.3. The topological polar surface area (TPSA) is 72.3 Å². The van der Waals surface area contributed by atoms with Gasteiger partial charge in [0.1, 0.15) is 0 Å². The lowest BCUT2D eigenvalue weighted by Crippen LogP contribution is -2.47. The highest BCUT2D eigenvalue weighted by Crippen LogP contribution is 2.13. The number of carbonyl (C=O) groups excluding carboxylic acids is 1. The van der Waals surface area contributed by atoms with Gasteiger partial charge in [-0.15, -0.1) is 0 Å². The van der Waals surface area contributed by atoms with Gasteiger partial charge in [-0.05, 0) is 38.9 Å². The number of amides is 1. The summed E-state index contributed by atoms with van der Waals surface area (Å²) in [5, 5.41) is 0. The minimum atomic E-state index is -0.229. The molecule has 1 heterocycles. The molecule has 0 radical (unpaired) electrons. The number of carbonyl (C=O) groups is 1. The number of hydrogen-bond acceptors (Lipinski definition) is 3. The van der Waals surface area contributed by atoms with E-state index in [0.717, 1.165) is 13.1 Å². The van der Waals surface area contributed by atoms with Gasteiger partial charge in [-0.25, -0.2) is 0 Å². The van der Waals surface area contributed by atoms with Crippen LogP contribution in [0, 0.1) is 0 Å². The molecule has 1 aliphatic heterocycles. The monoisotopic (exact) mass is 185 g/mol. The van der Waals surface area contributed by atoms with Crippen LogP contribution in [-0.4, -0.2) is 36.5 Å². The molecule has 0 saturated carbocycles. The fraction of sp³-hybridized carbons (Fsp3) is 0.889. The second kappa shape index (κ2) is 5.19. The molecule has 1 saturated heterocycles. The first-order valence-corrected chi connectivity index (χ1v) is 4.99. The van der Waals surface area contributed by atoms with Crippen molar-refractivity contribution in [3.8, 4) is 0 Å². The Morgan fingerprint density at radius 3 is 2.38 bits per heavy atom. The van der Waals surface area contributed by atoms with Crippen molar-refractivity contribution >= 4 is 5.91 Å². The van der Waals surface area contributed by atoms with Crippen LogP contribution in [0.15, 0.2) is 0 Å². The number of hydrogen-bond donors (Lipinski definition) is 2. The molecule has 1 aliphatic rings. The van der Waals surface area contributed by atoms with Gasteiger partial charge >= 0.3 is 0 Å². The van der Waals surface area contributed by atoms with Crippen molar-refractivity contribution in [2.24, 2.45) is 11.5 Å². The van der Waals surface area contributed by atoms with Gasteiger partial charge in [0.2, 0.25) is 5.91 Å². The van der Waals surface area contributed by atoms with Crippen molar-refractivity contribution in [3.63, 3.8) is 0 Å². The highest BCUT2D eigenvalue weighted by Gasteiger charge is 2.23. The summed E-state index contributed by atoms with van der Waals surface area (Å²) in [7, 11) is 0. The molecule has 1 unspecified atom stereocenters. The van der Waals surface area contributed by atoms with Gasteiger partial charge < -0.3 is 11.5 Å². The maximum atomic E-state index is 11.1. The van der Waals surface area contributed by atoms with Gasteiger partial charge in [-0.3, -0.25) is 9.69 Å². The Hall–Kier alpha value is -0.610. The van der Waals surface area contributed by atoms with Gasteiger partial charge in [0, 0.05) is 0 Å². The molecule has 0 aliphatic carbocycles. The Balaban J connectivity index is 2.46. The van der Waals surface area contributed by atoms with Crippen LogP contribution in [0.3, 0.4) is 0 Å². The Morgan fingerprint density at radius 1 is 1.31 bits per heavy atom. The predicted molar refractivity (Wildman–Crippen MR) is 52.1 cm³/mol. The third kappa shape index (κ3) is 2.97. The summed E-state index contributed by atoms with van der Waals surface area (Å²) in [6.07, 6.45) is 4.31. The molecule has 0 bridgehead atoms. The zero-order chi connectivity index (χ0) is 9.68. The van der Waals surface area contributed by atoms with Crippen LogP contribution in [0.25, 0.3) is 0 Å². The fourth-order valence-electron chi connectivity index (χ4n) is 1.89. The van der Waals surface area contributed by atoms with Gasteiger partial charge in [-0.2, -0.15) is 0 Å². The van der Waals surface area contributed by atoms with E-state index in [2.05, 4.69) is 4.90 Å². The van der Waals surface area contributed by atoms with Crippen molar-refractivity contribution in [1.82, 2.24) is 4.90 Å². The predicted octanol–water partition coefficient (Wildman–Crippen LogP) is -0.325. The first kappa shape index (κ1) is 10.5. The van der Waals surface area contributed by atoms with Gasteiger partial charge in [0.25, 0.3) is 0 Å². The average Bonchev–Trinajstić information content (AvgIpc) is 2.15. The standard InChI is InChI=1S/C9H19N3O/c10-5-4-8(9(11)13)12-6-2-1-3-7-12/h8H,1-7,10H2,(H2,11,13). The van der Waals surface area contributed by atoms with Crippen molar-refractivity contribution in [2.75, 3.05) is 19.6 Å². The molecule has 76 valence electrons. The first-order valence-electron chi connectivity index (χ1n) is 4.99. The highest BCUT2D eigenvalue weighted by molar-refractivity contribution is 5.79. The fourth-order valence-corrected chi connectivity index (χ4v) is 1.89.